The average Bonchev–Trinajstić information content (AvgIpc) is 3.08. The van der Waals surface area contributed by atoms with Gasteiger partial charge in [-0.25, -0.2) is 0 Å². The topological polar surface area (TPSA) is 64.1 Å². The molecule has 1 atom stereocenters. The molecule has 2 aromatic carbocycles. The molecule has 7 heteroatoms. The van der Waals surface area contributed by atoms with Crippen LogP contribution in [-0.4, -0.2) is 54.9 Å². The van der Waals surface area contributed by atoms with Gasteiger partial charge in [-0.15, -0.1) is 0 Å². The quantitative estimate of drug-likeness (QED) is 0.343. The number of benzene rings is 2. The first-order valence-electron chi connectivity index (χ1n) is 13.5. The number of nitrogens with zero attached hydrogens (tertiary/aromatic N) is 2. The Labute approximate surface area is 236 Å². The van der Waals surface area contributed by atoms with Crippen molar-refractivity contribution in [1.82, 2.24) is 9.88 Å². The maximum Gasteiger partial charge on any atom is 0.131 e. The Morgan fingerprint density at radius 2 is 1.92 bits per heavy atom. The molecule has 39 heavy (non-hydrogen) atoms. The zero-order valence-electron chi connectivity index (χ0n) is 23.0. The Morgan fingerprint density at radius 3 is 2.69 bits per heavy atom. The van der Waals surface area contributed by atoms with E-state index in [2.05, 4.69) is 41.9 Å². The molecular weight excluding hydrogens is 512 g/mol. The van der Waals surface area contributed by atoms with Crippen LogP contribution in [0.25, 0.3) is 5.57 Å². The van der Waals surface area contributed by atoms with Gasteiger partial charge in [-0.2, -0.15) is 0 Å². The molecule has 5 rings (SSSR count). The number of hydrogen-bond donors (Lipinski definition) is 1. The van der Waals surface area contributed by atoms with E-state index < -0.39 is 5.60 Å². The summed E-state index contributed by atoms with van der Waals surface area (Å²) in [6, 6.07) is 17.7. The van der Waals surface area contributed by atoms with E-state index in [1.165, 1.54) is 0 Å². The summed E-state index contributed by atoms with van der Waals surface area (Å²) >= 11 is 6.10. The lowest BCUT2D eigenvalue weighted by Crippen LogP contribution is -2.55. The highest BCUT2D eigenvalue weighted by atomic mass is 35.5. The first-order valence-corrected chi connectivity index (χ1v) is 13.9. The van der Waals surface area contributed by atoms with Crippen LogP contribution in [0, 0.1) is 5.41 Å². The third-order valence-corrected chi connectivity index (χ3v) is 8.24. The molecule has 0 radical (unpaired) electrons. The number of hydrogen-bond acceptors (Lipinski definition) is 6. The number of likely N-dealkylation sites (tertiary alicyclic amines) is 1. The molecule has 0 amide bonds. The smallest absolute Gasteiger partial charge is 0.131 e. The lowest BCUT2D eigenvalue weighted by molar-refractivity contribution is -0.125. The molecule has 0 aliphatic carbocycles. The van der Waals surface area contributed by atoms with E-state index in [9.17, 15) is 5.11 Å². The first-order chi connectivity index (χ1) is 18.8. The summed E-state index contributed by atoms with van der Waals surface area (Å²) in [4.78, 5) is 7.05. The monoisotopic (exact) mass is 548 g/mol. The van der Waals surface area contributed by atoms with E-state index >= 15 is 0 Å². The van der Waals surface area contributed by atoms with Gasteiger partial charge in [0.1, 0.15) is 24.7 Å². The molecular formula is C32H37ClN2O4. The molecule has 0 spiro atoms. The standard InChI is InChI=1S/C32H37ClN2O4/c1-31(2)22-35(17-14-32(31,36)23-8-10-24(33)11-9-23)16-5-7-26-27-6-4-15-34-29(27)21-39-30-13-12-25(20-28(26)30)38-19-18-37-3/h4,6-13,15,20,36H,5,14,16-19,21-22H2,1-3H3/b26-7+. The van der Waals surface area contributed by atoms with Crippen molar-refractivity contribution in [3.8, 4) is 11.5 Å². The maximum absolute atomic E-state index is 11.7. The fraction of sp³-hybridized carbons (Fsp3) is 0.406. The van der Waals surface area contributed by atoms with Gasteiger partial charge in [0.15, 0.2) is 0 Å². The molecule has 206 valence electrons. The van der Waals surface area contributed by atoms with Crippen molar-refractivity contribution in [2.24, 2.45) is 5.41 Å². The lowest BCUT2D eigenvalue weighted by Gasteiger charge is -2.50. The van der Waals surface area contributed by atoms with Crippen molar-refractivity contribution >= 4 is 17.2 Å². The number of aromatic nitrogens is 1. The second kappa shape index (κ2) is 11.7. The van der Waals surface area contributed by atoms with Crippen LogP contribution in [0.4, 0.5) is 0 Å². The molecule has 0 saturated carbocycles. The number of piperidine rings is 1. The molecule has 1 saturated heterocycles. The minimum absolute atomic E-state index is 0.320. The molecule has 1 fully saturated rings. The Balaban J connectivity index is 1.35. The SMILES string of the molecule is COCCOc1ccc2c(c1)/C(=C/CCN1CCC(O)(c3ccc(Cl)cc3)C(C)(C)C1)c1cccnc1CO2. The third kappa shape index (κ3) is 5.85. The van der Waals surface area contributed by atoms with Gasteiger partial charge in [0.2, 0.25) is 0 Å². The van der Waals surface area contributed by atoms with Crippen molar-refractivity contribution in [3.05, 3.63) is 94.3 Å². The highest BCUT2D eigenvalue weighted by Gasteiger charge is 2.48. The van der Waals surface area contributed by atoms with Crippen LogP contribution in [0.3, 0.4) is 0 Å². The first kappa shape index (κ1) is 27.7. The van der Waals surface area contributed by atoms with Gasteiger partial charge in [-0.3, -0.25) is 4.98 Å². The molecule has 6 nitrogen and oxygen atoms in total. The van der Waals surface area contributed by atoms with Crippen LogP contribution in [0.1, 0.15) is 49.1 Å². The van der Waals surface area contributed by atoms with E-state index in [0.29, 0.717) is 31.3 Å². The average molecular weight is 549 g/mol. The number of aliphatic hydroxyl groups is 1. The van der Waals surface area contributed by atoms with Crippen LogP contribution in [0.2, 0.25) is 5.02 Å². The molecule has 2 aliphatic heterocycles. The molecule has 3 heterocycles. The predicted molar refractivity (Wildman–Crippen MR) is 154 cm³/mol. The molecule has 3 aromatic rings. The predicted octanol–water partition coefficient (Wildman–Crippen LogP) is 6.09. The summed E-state index contributed by atoms with van der Waals surface area (Å²) in [5.74, 6) is 1.61. The van der Waals surface area contributed by atoms with Gasteiger partial charge < -0.3 is 24.2 Å². The zero-order chi connectivity index (χ0) is 27.5. The second-order valence-electron chi connectivity index (χ2n) is 11.0. The van der Waals surface area contributed by atoms with Gasteiger partial charge >= 0.3 is 0 Å². The number of methoxy groups -OCH3 is 1. The highest BCUT2D eigenvalue weighted by Crippen LogP contribution is 2.46. The maximum atomic E-state index is 11.7. The summed E-state index contributed by atoms with van der Waals surface area (Å²) < 4.78 is 17.2. The lowest BCUT2D eigenvalue weighted by atomic mass is 9.66. The fourth-order valence-electron chi connectivity index (χ4n) is 5.76. The summed E-state index contributed by atoms with van der Waals surface area (Å²) in [7, 11) is 1.67. The van der Waals surface area contributed by atoms with Gasteiger partial charge in [0.05, 0.1) is 17.9 Å². The normalized spacial score (nSPS) is 21.5. The van der Waals surface area contributed by atoms with Crippen molar-refractivity contribution in [3.63, 3.8) is 0 Å². The van der Waals surface area contributed by atoms with E-state index in [-0.39, 0.29) is 5.41 Å². The number of pyridine rings is 1. The molecule has 1 unspecified atom stereocenters. The third-order valence-electron chi connectivity index (χ3n) is 7.99. The summed E-state index contributed by atoms with van der Waals surface area (Å²) in [6.07, 6.45) is 5.63. The summed E-state index contributed by atoms with van der Waals surface area (Å²) in [5.41, 5.74) is 3.84. The second-order valence-corrected chi connectivity index (χ2v) is 11.4. The van der Waals surface area contributed by atoms with Crippen molar-refractivity contribution in [1.29, 1.82) is 0 Å². The van der Waals surface area contributed by atoms with Crippen molar-refractivity contribution in [2.75, 3.05) is 40.0 Å². The molecule has 1 N–H and O–H groups in total. The van der Waals surface area contributed by atoms with Gasteiger partial charge in [-0.1, -0.05) is 49.7 Å². The van der Waals surface area contributed by atoms with Crippen LogP contribution in [0.15, 0.2) is 66.9 Å². The molecule has 2 aliphatic rings. The number of halogens is 1. The van der Waals surface area contributed by atoms with Gasteiger partial charge in [-0.05, 0) is 60.4 Å². The minimum atomic E-state index is -0.895. The Bertz CT molecular complexity index is 1320. The van der Waals surface area contributed by atoms with E-state index in [0.717, 1.165) is 65.5 Å². The summed E-state index contributed by atoms with van der Waals surface area (Å²) in [6.45, 7) is 8.25. The Morgan fingerprint density at radius 1 is 1.10 bits per heavy atom. The highest BCUT2D eigenvalue weighted by molar-refractivity contribution is 6.30. The van der Waals surface area contributed by atoms with Crippen LogP contribution < -0.4 is 9.47 Å². The van der Waals surface area contributed by atoms with E-state index in [4.69, 9.17) is 25.8 Å². The number of ether oxygens (including phenoxy) is 3. The number of fused-ring (bicyclic) bond motifs is 2. The van der Waals surface area contributed by atoms with Crippen LogP contribution in [-0.2, 0) is 16.9 Å². The largest absolute Gasteiger partial charge is 0.491 e. The Hall–Kier alpha value is -2.90. The fourth-order valence-corrected chi connectivity index (χ4v) is 5.88. The van der Waals surface area contributed by atoms with Crippen LogP contribution >= 0.6 is 11.6 Å². The van der Waals surface area contributed by atoms with E-state index in [1.807, 2.05) is 48.7 Å². The molecule has 0 bridgehead atoms. The zero-order valence-corrected chi connectivity index (χ0v) is 23.7. The van der Waals surface area contributed by atoms with Gasteiger partial charge in [0, 0.05) is 54.5 Å². The number of rotatable bonds is 8. The minimum Gasteiger partial charge on any atom is -0.491 e. The van der Waals surface area contributed by atoms with Crippen molar-refractivity contribution in [2.45, 2.75) is 38.9 Å². The van der Waals surface area contributed by atoms with Crippen molar-refractivity contribution < 1.29 is 19.3 Å². The summed E-state index contributed by atoms with van der Waals surface area (Å²) in [5, 5.41) is 12.4. The van der Waals surface area contributed by atoms with Crippen LogP contribution in [0.5, 0.6) is 11.5 Å². The molecule has 1 aromatic heterocycles. The van der Waals surface area contributed by atoms with E-state index in [1.54, 1.807) is 7.11 Å². The van der Waals surface area contributed by atoms with Gasteiger partial charge in [0.25, 0.3) is 0 Å². The Kier molecular flexibility index (Phi) is 8.29.